The molecule has 1 aromatic heterocycles. The summed E-state index contributed by atoms with van der Waals surface area (Å²) in [5.41, 5.74) is 2.95. The fourth-order valence-corrected chi connectivity index (χ4v) is 0.746. The van der Waals surface area contributed by atoms with Crippen LogP contribution in [0.1, 0.15) is 0 Å². The number of halogens is 1. The zero-order valence-corrected chi connectivity index (χ0v) is 6.33. The molecule has 7 nitrogen and oxygen atoms in total. The average molecular weight is 191 g/mol. The molecule has 0 spiro atoms. The number of nitro groups is 1. The van der Waals surface area contributed by atoms with E-state index < -0.39 is 21.9 Å². The van der Waals surface area contributed by atoms with E-state index in [4.69, 9.17) is 17.3 Å². The second-order valence-corrected chi connectivity index (χ2v) is 2.22. The minimum Gasteiger partial charge on any atom is -0.390 e. The number of anilines is 1. The summed E-state index contributed by atoms with van der Waals surface area (Å²) in [5.74, 6) is 0. The highest BCUT2D eigenvalue weighted by Crippen LogP contribution is 2.21. The van der Waals surface area contributed by atoms with E-state index in [2.05, 4.69) is 5.10 Å². The molecule has 1 rings (SSSR count). The van der Waals surface area contributed by atoms with E-state index in [0.29, 0.717) is 0 Å². The van der Waals surface area contributed by atoms with Crippen LogP contribution in [0.3, 0.4) is 0 Å². The molecule has 0 aliphatic rings. The van der Waals surface area contributed by atoms with Crippen LogP contribution in [0.5, 0.6) is 0 Å². The summed E-state index contributed by atoms with van der Waals surface area (Å²) in [6.45, 7) is 0. The SMILES string of the molecule is Nc1c(Cl)n[nH]c(=O)c1[N+](=O)[O-]. The first-order chi connectivity index (χ1) is 5.54. The molecular weight excluding hydrogens is 188 g/mol. The number of nitrogens with two attached hydrogens (primary N) is 1. The maximum atomic E-state index is 10.7. The Bertz CT molecular complexity index is 386. The van der Waals surface area contributed by atoms with Crippen LogP contribution in [0, 0.1) is 10.1 Å². The predicted octanol–water partition coefficient (Wildman–Crippen LogP) is -0.0863. The van der Waals surface area contributed by atoms with Crippen LogP contribution in [0.25, 0.3) is 0 Å². The summed E-state index contributed by atoms with van der Waals surface area (Å²) in [6, 6.07) is 0. The quantitative estimate of drug-likeness (QED) is 0.474. The van der Waals surface area contributed by atoms with Crippen molar-refractivity contribution in [3.63, 3.8) is 0 Å². The molecule has 12 heavy (non-hydrogen) atoms. The van der Waals surface area contributed by atoms with Crippen LogP contribution in [-0.2, 0) is 0 Å². The number of rotatable bonds is 1. The summed E-state index contributed by atoms with van der Waals surface area (Å²) in [6.07, 6.45) is 0. The van der Waals surface area contributed by atoms with Gasteiger partial charge in [0.1, 0.15) is 0 Å². The first-order valence-corrected chi connectivity index (χ1v) is 3.10. The Kier molecular flexibility index (Phi) is 1.96. The smallest absolute Gasteiger partial charge is 0.361 e. The van der Waals surface area contributed by atoms with Gasteiger partial charge in [0.2, 0.25) is 0 Å². The van der Waals surface area contributed by atoms with Crippen LogP contribution >= 0.6 is 11.6 Å². The predicted molar refractivity (Wildman–Crippen MR) is 40.9 cm³/mol. The van der Waals surface area contributed by atoms with Gasteiger partial charge in [-0.05, 0) is 0 Å². The van der Waals surface area contributed by atoms with Gasteiger partial charge in [0, 0.05) is 0 Å². The number of aromatic amines is 1. The molecule has 0 fully saturated rings. The topological polar surface area (TPSA) is 115 Å². The van der Waals surface area contributed by atoms with Gasteiger partial charge < -0.3 is 5.73 Å². The Morgan fingerprint density at radius 3 is 2.67 bits per heavy atom. The van der Waals surface area contributed by atoms with Crippen molar-refractivity contribution in [1.29, 1.82) is 0 Å². The molecule has 0 unspecified atom stereocenters. The molecular formula is C4H3ClN4O3. The van der Waals surface area contributed by atoms with Gasteiger partial charge in [-0.2, -0.15) is 5.10 Å². The van der Waals surface area contributed by atoms with Gasteiger partial charge in [-0.15, -0.1) is 0 Å². The maximum Gasteiger partial charge on any atom is 0.361 e. The number of nitrogens with one attached hydrogen (secondary N) is 1. The zero-order valence-electron chi connectivity index (χ0n) is 5.57. The second kappa shape index (κ2) is 2.78. The van der Waals surface area contributed by atoms with E-state index in [0.717, 1.165) is 0 Å². The molecule has 0 saturated heterocycles. The third-order valence-corrected chi connectivity index (χ3v) is 1.42. The summed E-state index contributed by atoms with van der Waals surface area (Å²) in [7, 11) is 0. The van der Waals surface area contributed by atoms with Crippen LogP contribution in [0.4, 0.5) is 11.4 Å². The lowest BCUT2D eigenvalue weighted by atomic mass is 10.4. The fourth-order valence-electron chi connectivity index (χ4n) is 0.614. The third-order valence-electron chi connectivity index (χ3n) is 1.13. The summed E-state index contributed by atoms with van der Waals surface area (Å²) >= 11 is 5.32. The van der Waals surface area contributed by atoms with E-state index in [9.17, 15) is 14.9 Å². The van der Waals surface area contributed by atoms with Gasteiger partial charge in [0.15, 0.2) is 10.8 Å². The molecule has 0 radical (unpaired) electrons. The highest BCUT2D eigenvalue weighted by atomic mass is 35.5. The number of H-pyrrole nitrogens is 1. The Labute approximate surface area is 70.3 Å². The van der Waals surface area contributed by atoms with Crippen LogP contribution in [0.2, 0.25) is 5.15 Å². The summed E-state index contributed by atoms with van der Waals surface area (Å²) in [5, 5.41) is 15.0. The monoisotopic (exact) mass is 190 g/mol. The molecule has 0 amide bonds. The van der Waals surface area contributed by atoms with Gasteiger partial charge in [0.25, 0.3) is 0 Å². The van der Waals surface area contributed by atoms with E-state index in [1.807, 2.05) is 5.10 Å². The van der Waals surface area contributed by atoms with Crippen molar-refractivity contribution < 1.29 is 4.92 Å². The Morgan fingerprint density at radius 1 is 1.67 bits per heavy atom. The number of hydrogen-bond acceptors (Lipinski definition) is 5. The van der Waals surface area contributed by atoms with E-state index >= 15 is 0 Å². The van der Waals surface area contributed by atoms with Crippen molar-refractivity contribution in [2.75, 3.05) is 5.73 Å². The molecule has 1 heterocycles. The van der Waals surface area contributed by atoms with Gasteiger partial charge in [0.05, 0.1) is 4.92 Å². The second-order valence-electron chi connectivity index (χ2n) is 1.86. The average Bonchev–Trinajstić information content (AvgIpc) is 1.97. The van der Waals surface area contributed by atoms with Gasteiger partial charge in [-0.1, -0.05) is 11.6 Å². The van der Waals surface area contributed by atoms with Crippen LogP contribution < -0.4 is 11.3 Å². The van der Waals surface area contributed by atoms with Crippen molar-refractivity contribution in [2.24, 2.45) is 0 Å². The standard InChI is InChI=1S/C4H3ClN4O3/c5-3-1(6)2(9(11)12)4(10)8-7-3/h(H3,6,8,10). The van der Waals surface area contributed by atoms with E-state index in [-0.39, 0.29) is 5.15 Å². The lowest BCUT2D eigenvalue weighted by molar-refractivity contribution is -0.385. The van der Waals surface area contributed by atoms with Gasteiger partial charge in [-0.25, -0.2) is 5.10 Å². The molecule has 0 bridgehead atoms. The molecule has 1 aromatic rings. The van der Waals surface area contributed by atoms with E-state index in [1.165, 1.54) is 0 Å². The minimum absolute atomic E-state index is 0.290. The fraction of sp³-hybridized carbons (Fsp3) is 0. The minimum atomic E-state index is -0.970. The Morgan fingerprint density at radius 2 is 2.25 bits per heavy atom. The van der Waals surface area contributed by atoms with Crippen molar-refractivity contribution >= 4 is 23.0 Å². The number of aromatic nitrogens is 2. The first kappa shape index (κ1) is 8.47. The molecule has 0 aliphatic heterocycles. The molecule has 3 N–H and O–H groups in total. The van der Waals surface area contributed by atoms with Crippen LogP contribution in [0.15, 0.2) is 4.79 Å². The van der Waals surface area contributed by atoms with Gasteiger partial charge >= 0.3 is 11.2 Å². The van der Waals surface area contributed by atoms with Crippen molar-refractivity contribution in [2.45, 2.75) is 0 Å². The number of nitrogens with zero attached hydrogens (tertiary/aromatic N) is 2. The Balaban J connectivity index is 3.54. The number of nitrogen functional groups attached to an aromatic ring is 1. The van der Waals surface area contributed by atoms with Gasteiger partial charge in [-0.3, -0.25) is 14.9 Å². The molecule has 0 atom stereocenters. The highest BCUT2D eigenvalue weighted by Gasteiger charge is 2.20. The number of hydrogen-bond donors (Lipinski definition) is 2. The van der Waals surface area contributed by atoms with Crippen molar-refractivity contribution in [1.82, 2.24) is 10.2 Å². The maximum absolute atomic E-state index is 10.7. The molecule has 0 saturated carbocycles. The van der Waals surface area contributed by atoms with Crippen LogP contribution in [-0.4, -0.2) is 15.1 Å². The first-order valence-electron chi connectivity index (χ1n) is 2.72. The molecule has 0 aliphatic carbocycles. The summed E-state index contributed by atoms with van der Waals surface area (Å²) in [4.78, 5) is 20.0. The van der Waals surface area contributed by atoms with E-state index in [1.54, 1.807) is 0 Å². The molecule has 0 aromatic carbocycles. The lowest BCUT2D eigenvalue weighted by Crippen LogP contribution is -2.15. The van der Waals surface area contributed by atoms with Crippen molar-refractivity contribution in [3.8, 4) is 0 Å². The lowest BCUT2D eigenvalue weighted by Gasteiger charge is -1.95. The Hall–Kier alpha value is -1.63. The molecule has 8 heteroatoms. The summed E-state index contributed by atoms with van der Waals surface area (Å²) < 4.78 is 0. The third kappa shape index (κ3) is 1.21. The van der Waals surface area contributed by atoms with Crippen molar-refractivity contribution in [3.05, 3.63) is 25.6 Å². The normalized spacial score (nSPS) is 9.75. The molecule has 64 valence electrons. The zero-order chi connectivity index (χ0) is 9.30. The largest absolute Gasteiger partial charge is 0.390 e. The highest BCUT2D eigenvalue weighted by molar-refractivity contribution is 6.32.